The molecule has 0 atom stereocenters. The largest absolute Gasteiger partial charge is 0.497 e. The number of carbonyl (C=O) groups is 1. The average Bonchev–Trinajstić information content (AvgIpc) is 2.67. The fraction of sp³-hybridized carbons (Fsp3) is 0.350. The minimum atomic E-state index is -0.144. The Morgan fingerprint density at radius 2 is 1.65 bits per heavy atom. The van der Waals surface area contributed by atoms with Gasteiger partial charge in [0.05, 0.1) is 20.8 Å². The van der Waals surface area contributed by atoms with E-state index in [4.69, 9.17) is 18.9 Å². The molecule has 0 bridgehead atoms. The molecule has 140 valence electrons. The summed E-state index contributed by atoms with van der Waals surface area (Å²) in [4.78, 5) is 14.0. The summed E-state index contributed by atoms with van der Waals surface area (Å²) in [6.07, 6.45) is 0. The smallest absolute Gasteiger partial charge is 0.260 e. The number of hydrogen-bond donors (Lipinski definition) is 0. The van der Waals surface area contributed by atoms with Gasteiger partial charge in [0, 0.05) is 25.2 Å². The second kappa shape index (κ2) is 9.56. The van der Waals surface area contributed by atoms with E-state index >= 15 is 0 Å². The Morgan fingerprint density at radius 3 is 2.27 bits per heavy atom. The predicted octanol–water partition coefficient (Wildman–Crippen LogP) is 3.14. The predicted molar refractivity (Wildman–Crippen MR) is 99.1 cm³/mol. The molecule has 0 fully saturated rings. The van der Waals surface area contributed by atoms with Crippen LogP contribution in [0.25, 0.3) is 0 Å². The van der Waals surface area contributed by atoms with Crippen molar-refractivity contribution in [2.45, 2.75) is 13.5 Å². The van der Waals surface area contributed by atoms with Gasteiger partial charge >= 0.3 is 0 Å². The van der Waals surface area contributed by atoms with E-state index in [1.807, 2.05) is 37.3 Å². The molecule has 26 heavy (non-hydrogen) atoms. The Kier molecular flexibility index (Phi) is 7.14. The molecule has 0 N–H and O–H groups in total. The molecule has 0 saturated heterocycles. The molecule has 0 heterocycles. The first-order valence-corrected chi connectivity index (χ1v) is 8.38. The van der Waals surface area contributed by atoms with Crippen molar-refractivity contribution in [2.75, 3.05) is 34.5 Å². The van der Waals surface area contributed by atoms with Crippen LogP contribution in [0.2, 0.25) is 0 Å². The molecule has 6 nitrogen and oxygen atoms in total. The van der Waals surface area contributed by atoms with Crippen LogP contribution in [0, 0.1) is 0 Å². The van der Waals surface area contributed by atoms with Gasteiger partial charge in [0.2, 0.25) is 0 Å². The van der Waals surface area contributed by atoms with E-state index in [9.17, 15) is 4.79 Å². The van der Waals surface area contributed by atoms with E-state index in [1.54, 1.807) is 38.3 Å². The quantitative estimate of drug-likeness (QED) is 0.688. The zero-order valence-corrected chi connectivity index (χ0v) is 15.7. The van der Waals surface area contributed by atoms with Crippen molar-refractivity contribution in [3.8, 4) is 23.0 Å². The van der Waals surface area contributed by atoms with Crippen LogP contribution in [0.1, 0.15) is 12.5 Å². The number of hydrogen-bond acceptors (Lipinski definition) is 5. The van der Waals surface area contributed by atoms with Crippen molar-refractivity contribution in [1.29, 1.82) is 0 Å². The van der Waals surface area contributed by atoms with Gasteiger partial charge in [0.25, 0.3) is 5.91 Å². The maximum Gasteiger partial charge on any atom is 0.260 e. The second-order valence-electron chi connectivity index (χ2n) is 5.60. The number of likely N-dealkylation sites (N-methyl/N-ethyl adjacent to an activating group) is 1. The van der Waals surface area contributed by atoms with Crippen molar-refractivity contribution in [1.82, 2.24) is 4.90 Å². The third kappa shape index (κ3) is 5.05. The molecule has 0 spiro atoms. The molecule has 2 rings (SSSR count). The standard InChI is InChI=1S/C20H25NO5/c1-5-25-17-8-6-7-9-18(17)26-14-20(22)21(2)13-15-10-11-16(23-3)12-19(15)24-4/h6-12H,5,13-14H2,1-4H3. The summed E-state index contributed by atoms with van der Waals surface area (Å²) >= 11 is 0. The van der Waals surface area contributed by atoms with E-state index < -0.39 is 0 Å². The maximum atomic E-state index is 12.4. The lowest BCUT2D eigenvalue weighted by molar-refractivity contribution is -0.132. The molecule has 2 aromatic carbocycles. The molecule has 0 saturated carbocycles. The van der Waals surface area contributed by atoms with Crippen molar-refractivity contribution in [2.24, 2.45) is 0 Å². The van der Waals surface area contributed by atoms with E-state index in [1.165, 1.54) is 0 Å². The minimum Gasteiger partial charge on any atom is -0.497 e. The molecule has 6 heteroatoms. The highest BCUT2D eigenvalue weighted by molar-refractivity contribution is 5.77. The number of rotatable bonds is 9. The SMILES string of the molecule is CCOc1ccccc1OCC(=O)N(C)Cc1ccc(OC)cc1OC. The van der Waals surface area contributed by atoms with Crippen molar-refractivity contribution >= 4 is 5.91 Å². The summed E-state index contributed by atoms with van der Waals surface area (Å²) in [7, 11) is 4.92. The van der Waals surface area contributed by atoms with Crippen LogP contribution in [0.5, 0.6) is 23.0 Å². The van der Waals surface area contributed by atoms with Gasteiger partial charge in [-0.1, -0.05) is 12.1 Å². The summed E-state index contributed by atoms with van der Waals surface area (Å²) < 4.78 is 21.7. The van der Waals surface area contributed by atoms with Crippen LogP contribution < -0.4 is 18.9 Å². The summed E-state index contributed by atoms with van der Waals surface area (Å²) in [5, 5.41) is 0. The average molecular weight is 359 g/mol. The van der Waals surface area contributed by atoms with Gasteiger partial charge in [-0.3, -0.25) is 4.79 Å². The van der Waals surface area contributed by atoms with Crippen LogP contribution in [0.15, 0.2) is 42.5 Å². The number of ether oxygens (including phenoxy) is 4. The maximum absolute atomic E-state index is 12.4. The fourth-order valence-electron chi connectivity index (χ4n) is 2.42. The summed E-state index contributed by atoms with van der Waals surface area (Å²) in [6, 6.07) is 12.8. The van der Waals surface area contributed by atoms with E-state index in [0.29, 0.717) is 36.1 Å². The van der Waals surface area contributed by atoms with Gasteiger partial charge in [-0.05, 0) is 31.2 Å². The molecule has 0 radical (unpaired) electrons. The molecule has 2 aromatic rings. The number of benzene rings is 2. The molecule has 0 aromatic heterocycles. The minimum absolute atomic E-state index is 0.0704. The van der Waals surface area contributed by atoms with Crippen LogP contribution in [-0.4, -0.2) is 45.3 Å². The Balaban J connectivity index is 1.98. The van der Waals surface area contributed by atoms with Gasteiger partial charge in [0.15, 0.2) is 18.1 Å². The van der Waals surface area contributed by atoms with Crippen LogP contribution >= 0.6 is 0 Å². The lowest BCUT2D eigenvalue weighted by Gasteiger charge is -2.20. The highest BCUT2D eigenvalue weighted by Crippen LogP contribution is 2.27. The number of nitrogens with zero attached hydrogens (tertiary/aromatic N) is 1. The molecular weight excluding hydrogens is 334 g/mol. The highest BCUT2D eigenvalue weighted by Gasteiger charge is 2.14. The van der Waals surface area contributed by atoms with Crippen LogP contribution in [0.4, 0.5) is 0 Å². The first-order valence-electron chi connectivity index (χ1n) is 8.38. The van der Waals surface area contributed by atoms with Crippen LogP contribution in [0.3, 0.4) is 0 Å². The fourth-order valence-corrected chi connectivity index (χ4v) is 2.42. The number of para-hydroxylation sites is 2. The first-order chi connectivity index (χ1) is 12.6. The number of methoxy groups -OCH3 is 2. The van der Waals surface area contributed by atoms with E-state index in [0.717, 1.165) is 5.56 Å². The third-order valence-corrected chi connectivity index (χ3v) is 3.83. The number of carbonyl (C=O) groups excluding carboxylic acids is 1. The zero-order valence-electron chi connectivity index (χ0n) is 15.7. The topological polar surface area (TPSA) is 57.2 Å². The lowest BCUT2D eigenvalue weighted by Crippen LogP contribution is -2.31. The van der Waals surface area contributed by atoms with Gasteiger partial charge in [-0.15, -0.1) is 0 Å². The van der Waals surface area contributed by atoms with E-state index in [2.05, 4.69) is 0 Å². The summed E-state index contributed by atoms with van der Waals surface area (Å²) in [6.45, 7) is 2.77. The number of amides is 1. The van der Waals surface area contributed by atoms with E-state index in [-0.39, 0.29) is 12.5 Å². The van der Waals surface area contributed by atoms with Crippen molar-refractivity contribution in [3.63, 3.8) is 0 Å². The zero-order chi connectivity index (χ0) is 18.9. The first kappa shape index (κ1) is 19.4. The Morgan fingerprint density at radius 1 is 0.962 bits per heavy atom. The highest BCUT2D eigenvalue weighted by atomic mass is 16.5. The van der Waals surface area contributed by atoms with Crippen molar-refractivity contribution in [3.05, 3.63) is 48.0 Å². The lowest BCUT2D eigenvalue weighted by atomic mass is 10.2. The Bertz CT molecular complexity index is 732. The van der Waals surface area contributed by atoms with Crippen LogP contribution in [-0.2, 0) is 11.3 Å². The molecule has 1 amide bonds. The summed E-state index contributed by atoms with van der Waals surface area (Å²) in [5.41, 5.74) is 0.888. The van der Waals surface area contributed by atoms with Crippen molar-refractivity contribution < 1.29 is 23.7 Å². The third-order valence-electron chi connectivity index (χ3n) is 3.83. The molecule has 0 aliphatic rings. The van der Waals surface area contributed by atoms with Gasteiger partial charge < -0.3 is 23.8 Å². The molecular formula is C20H25NO5. The molecule has 0 unspecified atom stereocenters. The second-order valence-corrected chi connectivity index (χ2v) is 5.60. The van der Waals surface area contributed by atoms with Gasteiger partial charge in [-0.25, -0.2) is 0 Å². The summed E-state index contributed by atoms with van der Waals surface area (Å²) in [5.74, 6) is 2.41. The Hall–Kier alpha value is -2.89. The molecule has 0 aliphatic carbocycles. The van der Waals surface area contributed by atoms with Gasteiger partial charge in [0.1, 0.15) is 11.5 Å². The van der Waals surface area contributed by atoms with Gasteiger partial charge in [-0.2, -0.15) is 0 Å². The monoisotopic (exact) mass is 359 g/mol. The Labute approximate surface area is 154 Å². The molecule has 0 aliphatic heterocycles. The normalized spacial score (nSPS) is 10.2.